The molecule has 8 heteroatoms. The number of aryl methyl sites for hydroxylation is 2. The van der Waals surface area contributed by atoms with Crippen LogP contribution >= 0.6 is 0 Å². The first kappa shape index (κ1) is 15.7. The Kier molecular flexibility index (Phi) is 3.74. The Bertz CT molecular complexity index is 864. The van der Waals surface area contributed by atoms with E-state index in [0.717, 1.165) is 5.56 Å². The molecule has 3 heterocycles. The van der Waals surface area contributed by atoms with Crippen LogP contribution in [0.2, 0.25) is 0 Å². The summed E-state index contributed by atoms with van der Waals surface area (Å²) in [6.45, 7) is 2.68. The first-order valence-corrected chi connectivity index (χ1v) is 8.23. The number of amides is 2. The third-order valence-electron chi connectivity index (χ3n) is 4.69. The van der Waals surface area contributed by atoms with Gasteiger partial charge in [0.25, 0.3) is 5.91 Å². The van der Waals surface area contributed by atoms with Crippen LogP contribution in [0.4, 0.5) is 10.1 Å². The van der Waals surface area contributed by atoms with E-state index in [0.29, 0.717) is 49.8 Å². The fourth-order valence-electron chi connectivity index (χ4n) is 3.36. The number of aromatic nitrogens is 2. The van der Waals surface area contributed by atoms with Crippen molar-refractivity contribution in [1.29, 1.82) is 0 Å². The van der Waals surface area contributed by atoms with Crippen molar-refractivity contribution in [1.82, 2.24) is 15.0 Å². The SMILES string of the molecule is Cc1noc(C2CCN(C(=O)c3cc4c(cc3F)NC(=O)CC4)C2)n1. The number of hydrogen-bond donors (Lipinski definition) is 1. The van der Waals surface area contributed by atoms with E-state index in [9.17, 15) is 14.0 Å². The van der Waals surface area contributed by atoms with E-state index >= 15 is 0 Å². The van der Waals surface area contributed by atoms with Crippen molar-refractivity contribution in [3.8, 4) is 0 Å². The molecule has 0 spiro atoms. The molecule has 130 valence electrons. The van der Waals surface area contributed by atoms with Gasteiger partial charge in [-0.2, -0.15) is 4.98 Å². The van der Waals surface area contributed by atoms with Crippen molar-refractivity contribution in [3.63, 3.8) is 0 Å². The Morgan fingerprint density at radius 2 is 2.24 bits per heavy atom. The molecule has 2 amide bonds. The Labute approximate surface area is 143 Å². The number of benzene rings is 1. The van der Waals surface area contributed by atoms with Crippen LogP contribution in [0.25, 0.3) is 0 Å². The molecule has 1 aromatic carbocycles. The predicted octanol–water partition coefficient (Wildman–Crippen LogP) is 2.03. The Morgan fingerprint density at radius 1 is 1.40 bits per heavy atom. The highest BCUT2D eigenvalue weighted by atomic mass is 19.1. The number of carbonyl (C=O) groups excluding carboxylic acids is 2. The van der Waals surface area contributed by atoms with Crippen LogP contribution in [-0.2, 0) is 11.2 Å². The maximum absolute atomic E-state index is 14.4. The number of anilines is 1. The van der Waals surface area contributed by atoms with E-state index in [4.69, 9.17) is 4.52 Å². The molecule has 1 aromatic heterocycles. The number of nitrogens with one attached hydrogen (secondary N) is 1. The minimum Gasteiger partial charge on any atom is -0.339 e. The van der Waals surface area contributed by atoms with E-state index in [2.05, 4.69) is 15.5 Å². The summed E-state index contributed by atoms with van der Waals surface area (Å²) in [5, 5.41) is 6.41. The molecule has 0 aliphatic carbocycles. The van der Waals surface area contributed by atoms with Crippen molar-refractivity contribution in [2.24, 2.45) is 0 Å². The average molecular weight is 344 g/mol. The van der Waals surface area contributed by atoms with Crippen LogP contribution in [0.5, 0.6) is 0 Å². The van der Waals surface area contributed by atoms with Crippen LogP contribution in [0.1, 0.15) is 46.4 Å². The molecule has 1 N–H and O–H groups in total. The molecule has 0 saturated carbocycles. The molecule has 4 rings (SSSR count). The van der Waals surface area contributed by atoms with Crippen LogP contribution in [0.15, 0.2) is 16.7 Å². The van der Waals surface area contributed by atoms with Crippen LogP contribution in [0, 0.1) is 12.7 Å². The van der Waals surface area contributed by atoms with Crippen molar-refractivity contribution in [2.45, 2.75) is 32.1 Å². The maximum Gasteiger partial charge on any atom is 0.256 e. The summed E-state index contributed by atoms with van der Waals surface area (Å²) in [4.78, 5) is 30.0. The zero-order chi connectivity index (χ0) is 17.6. The molecular weight excluding hydrogens is 327 g/mol. The topological polar surface area (TPSA) is 88.3 Å². The minimum atomic E-state index is -0.622. The molecule has 1 atom stereocenters. The van der Waals surface area contributed by atoms with Crippen LogP contribution < -0.4 is 5.32 Å². The van der Waals surface area contributed by atoms with Crippen molar-refractivity contribution in [3.05, 3.63) is 40.8 Å². The van der Waals surface area contributed by atoms with E-state index in [1.807, 2.05) is 0 Å². The molecular formula is C17H17FN4O3. The lowest BCUT2D eigenvalue weighted by Crippen LogP contribution is -2.30. The number of fused-ring (bicyclic) bond motifs is 1. The summed E-state index contributed by atoms with van der Waals surface area (Å²) in [7, 11) is 0. The van der Waals surface area contributed by atoms with E-state index < -0.39 is 5.82 Å². The fourth-order valence-corrected chi connectivity index (χ4v) is 3.36. The molecule has 1 unspecified atom stereocenters. The van der Waals surface area contributed by atoms with Gasteiger partial charge >= 0.3 is 0 Å². The van der Waals surface area contributed by atoms with Crippen LogP contribution in [-0.4, -0.2) is 39.9 Å². The van der Waals surface area contributed by atoms with Gasteiger partial charge in [0, 0.05) is 25.2 Å². The highest BCUT2D eigenvalue weighted by Gasteiger charge is 2.33. The van der Waals surface area contributed by atoms with Crippen molar-refractivity contribution < 1.29 is 18.5 Å². The number of halogens is 1. The zero-order valence-electron chi connectivity index (χ0n) is 13.7. The quantitative estimate of drug-likeness (QED) is 0.900. The third-order valence-corrected chi connectivity index (χ3v) is 4.69. The van der Waals surface area contributed by atoms with Gasteiger partial charge in [-0.05, 0) is 37.5 Å². The standard InChI is InChI=1S/C17H17FN4O3/c1-9-19-16(25-21-9)11-4-5-22(8-11)17(24)12-6-10-2-3-15(23)20-14(10)7-13(12)18/h6-7,11H,2-5,8H2,1H3,(H,20,23). The van der Waals surface area contributed by atoms with Gasteiger partial charge in [-0.1, -0.05) is 5.16 Å². The first-order valence-electron chi connectivity index (χ1n) is 8.23. The number of rotatable bonds is 2. The van der Waals surface area contributed by atoms with Gasteiger partial charge in [0.05, 0.1) is 11.5 Å². The molecule has 2 aliphatic rings. The Morgan fingerprint density at radius 3 is 3.00 bits per heavy atom. The van der Waals surface area contributed by atoms with E-state index in [1.165, 1.54) is 6.07 Å². The van der Waals surface area contributed by atoms with Crippen molar-refractivity contribution in [2.75, 3.05) is 18.4 Å². The van der Waals surface area contributed by atoms with Gasteiger partial charge in [0.15, 0.2) is 5.82 Å². The van der Waals surface area contributed by atoms with E-state index in [-0.39, 0.29) is 23.3 Å². The van der Waals surface area contributed by atoms with E-state index in [1.54, 1.807) is 17.9 Å². The second-order valence-corrected chi connectivity index (χ2v) is 6.45. The zero-order valence-corrected chi connectivity index (χ0v) is 13.7. The summed E-state index contributed by atoms with van der Waals surface area (Å²) < 4.78 is 19.6. The second kappa shape index (κ2) is 5.94. The van der Waals surface area contributed by atoms with Gasteiger partial charge in [-0.3, -0.25) is 9.59 Å². The van der Waals surface area contributed by atoms with Gasteiger partial charge in [-0.25, -0.2) is 4.39 Å². The lowest BCUT2D eigenvalue weighted by molar-refractivity contribution is -0.116. The first-order chi connectivity index (χ1) is 12.0. The van der Waals surface area contributed by atoms with Crippen molar-refractivity contribution >= 4 is 17.5 Å². The lowest BCUT2D eigenvalue weighted by Gasteiger charge is -2.20. The summed E-state index contributed by atoms with van der Waals surface area (Å²) >= 11 is 0. The largest absolute Gasteiger partial charge is 0.339 e. The molecule has 7 nitrogen and oxygen atoms in total. The molecule has 0 radical (unpaired) electrons. The number of nitrogens with zero attached hydrogens (tertiary/aromatic N) is 3. The fraction of sp³-hybridized carbons (Fsp3) is 0.412. The number of hydrogen-bond acceptors (Lipinski definition) is 5. The Hall–Kier alpha value is -2.77. The molecule has 1 fully saturated rings. The highest BCUT2D eigenvalue weighted by molar-refractivity contribution is 5.98. The second-order valence-electron chi connectivity index (χ2n) is 6.45. The molecule has 2 aromatic rings. The lowest BCUT2D eigenvalue weighted by atomic mass is 9.99. The molecule has 2 aliphatic heterocycles. The van der Waals surface area contributed by atoms with Gasteiger partial charge in [-0.15, -0.1) is 0 Å². The molecule has 25 heavy (non-hydrogen) atoms. The molecule has 1 saturated heterocycles. The van der Waals surface area contributed by atoms with Gasteiger partial charge < -0.3 is 14.7 Å². The normalized spacial score (nSPS) is 19.7. The third kappa shape index (κ3) is 2.88. The monoisotopic (exact) mass is 344 g/mol. The number of carbonyl (C=O) groups is 2. The van der Waals surface area contributed by atoms with Crippen LogP contribution in [0.3, 0.4) is 0 Å². The van der Waals surface area contributed by atoms with Gasteiger partial charge in [0.2, 0.25) is 11.8 Å². The average Bonchev–Trinajstić information content (AvgIpc) is 3.22. The highest BCUT2D eigenvalue weighted by Crippen LogP contribution is 2.30. The summed E-state index contributed by atoms with van der Waals surface area (Å²) in [5.41, 5.74) is 1.27. The molecule has 0 bridgehead atoms. The smallest absolute Gasteiger partial charge is 0.256 e. The maximum atomic E-state index is 14.4. The number of likely N-dealkylation sites (tertiary alicyclic amines) is 1. The minimum absolute atomic E-state index is 0.0230. The summed E-state index contributed by atoms with van der Waals surface area (Å²) in [6.07, 6.45) is 1.55. The summed E-state index contributed by atoms with van der Waals surface area (Å²) in [6, 6.07) is 2.78. The summed E-state index contributed by atoms with van der Waals surface area (Å²) in [5.74, 6) is -0.0590. The predicted molar refractivity (Wildman–Crippen MR) is 85.6 cm³/mol. The van der Waals surface area contributed by atoms with Gasteiger partial charge in [0.1, 0.15) is 5.82 Å². The Balaban J connectivity index is 1.54.